The van der Waals surface area contributed by atoms with Crippen molar-refractivity contribution in [2.24, 2.45) is 4.99 Å². The Morgan fingerprint density at radius 3 is 2.50 bits per heavy atom. The molecule has 2 amide bonds. The molecule has 0 spiro atoms. The Bertz CT molecular complexity index is 663. The number of aryl methyl sites for hydroxylation is 1. The van der Waals surface area contributed by atoms with Crippen molar-refractivity contribution in [1.29, 1.82) is 0 Å². The van der Waals surface area contributed by atoms with Gasteiger partial charge in [-0.15, -0.1) is 0 Å². The van der Waals surface area contributed by atoms with E-state index in [1.807, 2.05) is 12.1 Å². The van der Waals surface area contributed by atoms with E-state index < -0.39 is 0 Å². The number of hydrogen-bond donors (Lipinski definition) is 2. The summed E-state index contributed by atoms with van der Waals surface area (Å²) in [5.41, 5.74) is 1.06. The third-order valence-electron chi connectivity index (χ3n) is 4.17. The normalized spacial score (nSPS) is 15.3. The molecular formula is C18H24Cl2N4O2. The molecule has 0 saturated carbocycles. The largest absolute Gasteiger partial charge is 0.356 e. The van der Waals surface area contributed by atoms with Gasteiger partial charge in [0.25, 0.3) is 0 Å². The highest BCUT2D eigenvalue weighted by Crippen LogP contribution is 2.21. The monoisotopic (exact) mass is 398 g/mol. The second-order valence-corrected chi connectivity index (χ2v) is 6.90. The third kappa shape index (κ3) is 6.18. The molecule has 0 atom stereocenters. The number of guanidine groups is 1. The van der Waals surface area contributed by atoms with Gasteiger partial charge in [0, 0.05) is 49.6 Å². The van der Waals surface area contributed by atoms with E-state index in [2.05, 4.69) is 15.6 Å². The number of benzene rings is 1. The van der Waals surface area contributed by atoms with Gasteiger partial charge in [-0.05, 0) is 37.0 Å². The molecule has 0 aliphatic carbocycles. The summed E-state index contributed by atoms with van der Waals surface area (Å²) in [7, 11) is 1.68. The lowest BCUT2D eigenvalue weighted by Crippen LogP contribution is -2.46. The molecule has 1 heterocycles. The molecule has 6 nitrogen and oxygen atoms in total. The molecule has 0 aromatic heterocycles. The van der Waals surface area contributed by atoms with E-state index in [4.69, 9.17) is 23.2 Å². The van der Waals surface area contributed by atoms with Crippen LogP contribution in [-0.2, 0) is 16.0 Å². The van der Waals surface area contributed by atoms with Gasteiger partial charge in [0.05, 0.1) is 0 Å². The lowest BCUT2D eigenvalue weighted by atomic mass is 10.1. The molecule has 2 rings (SSSR count). The average Bonchev–Trinajstić information content (AvgIpc) is 2.60. The Morgan fingerprint density at radius 2 is 1.85 bits per heavy atom. The predicted molar refractivity (Wildman–Crippen MR) is 105 cm³/mol. The van der Waals surface area contributed by atoms with E-state index in [-0.39, 0.29) is 11.8 Å². The van der Waals surface area contributed by atoms with Crippen LogP contribution >= 0.6 is 23.2 Å². The van der Waals surface area contributed by atoms with E-state index >= 15 is 0 Å². The Balaban J connectivity index is 1.67. The number of piperidine rings is 1. The molecule has 1 aromatic carbocycles. The molecule has 1 aliphatic rings. The van der Waals surface area contributed by atoms with Gasteiger partial charge in [-0.2, -0.15) is 0 Å². The van der Waals surface area contributed by atoms with Gasteiger partial charge in [-0.25, -0.2) is 0 Å². The maximum Gasteiger partial charge on any atom is 0.229 e. The fraction of sp³-hybridized carbons (Fsp3) is 0.500. The number of rotatable bonds is 7. The summed E-state index contributed by atoms with van der Waals surface area (Å²) in [6.07, 6.45) is 3.27. The topological polar surface area (TPSA) is 73.8 Å². The standard InChI is InChI=1S/C18H24Cl2N4O2/c1-21-18(23-10-11-24-16(25)5-2-6-17(24)26)22-9-3-4-13-7-8-14(19)12-15(13)20/h7-8,12H,2-6,9-11H2,1H3,(H2,21,22,23). The first-order valence-corrected chi connectivity index (χ1v) is 9.48. The highest BCUT2D eigenvalue weighted by atomic mass is 35.5. The molecule has 1 fully saturated rings. The summed E-state index contributed by atoms with van der Waals surface area (Å²) in [6, 6.07) is 5.51. The van der Waals surface area contributed by atoms with Crippen molar-refractivity contribution in [2.75, 3.05) is 26.7 Å². The van der Waals surface area contributed by atoms with Crippen molar-refractivity contribution in [3.8, 4) is 0 Å². The summed E-state index contributed by atoms with van der Waals surface area (Å²) in [4.78, 5) is 29.0. The van der Waals surface area contributed by atoms with E-state index in [0.29, 0.717) is 48.4 Å². The van der Waals surface area contributed by atoms with Gasteiger partial charge in [0.2, 0.25) is 11.8 Å². The SMILES string of the molecule is CN=C(NCCCc1ccc(Cl)cc1Cl)NCCN1C(=O)CCCC1=O. The molecule has 26 heavy (non-hydrogen) atoms. The molecule has 2 N–H and O–H groups in total. The molecule has 1 aliphatic heterocycles. The van der Waals surface area contributed by atoms with E-state index in [1.165, 1.54) is 4.90 Å². The average molecular weight is 399 g/mol. The van der Waals surface area contributed by atoms with E-state index in [9.17, 15) is 9.59 Å². The second-order valence-electron chi connectivity index (χ2n) is 6.06. The van der Waals surface area contributed by atoms with Gasteiger partial charge in [-0.3, -0.25) is 19.5 Å². The lowest BCUT2D eigenvalue weighted by molar-refractivity contribution is -0.147. The zero-order valence-corrected chi connectivity index (χ0v) is 16.4. The van der Waals surface area contributed by atoms with Gasteiger partial charge >= 0.3 is 0 Å². The molecule has 0 unspecified atom stereocenters. The summed E-state index contributed by atoms with van der Waals surface area (Å²) in [5, 5.41) is 7.65. The van der Waals surface area contributed by atoms with E-state index in [0.717, 1.165) is 24.9 Å². The van der Waals surface area contributed by atoms with Crippen LogP contribution in [-0.4, -0.2) is 49.4 Å². The molecule has 0 bridgehead atoms. The number of likely N-dealkylation sites (tertiary alicyclic amines) is 1. The first-order valence-electron chi connectivity index (χ1n) is 8.73. The Kier molecular flexibility index (Phi) is 8.19. The van der Waals surface area contributed by atoms with Crippen LogP contribution in [0.3, 0.4) is 0 Å². The van der Waals surface area contributed by atoms with Crippen molar-refractivity contribution in [1.82, 2.24) is 15.5 Å². The first kappa shape index (κ1) is 20.5. The summed E-state index contributed by atoms with van der Waals surface area (Å²) >= 11 is 12.1. The molecular weight excluding hydrogens is 375 g/mol. The molecule has 1 aromatic rings. The number of carbonyl (C=O) groups is 2. The van der Waals surface area contributed by atoms with Gasteiger partial charge in [0.15, 0.2) is 5.96 Å². The minimum atomic E-state index is -0.0918. The zero-order chi connectivity index (χ0) is 18.9. The maximum absolute atomic E-state index is 11.8. The Morgan fingerprint density at radius 1 is 1.15 bits per heavy atom. The van der Waals surface area contributed by atoms with Crippen molar-refractivity contribution < 1.29 is 9.59 Å². The third-order valence-corrected chi connectivity index (χ3v) is 4.75. The molecule has 142 valence electrons. The fourth-order valence-electron chi connectivity index (χ4n) is 2.77. The van der Waals surface area contributed by atoms with Crippen LogP contribution in [0.5, 0.6) is 0 Å². The zero-order valence-electron chi connectivity index (χ0n) is 14.9. The molecule has 8 heteroatoms. The fourth-order valence-corrected chi connectivity index (χ4v) is 3.27. The smallest absolute Gasteiger partial charge is 0.229 e. The van der Waals surface area contributed by atoms with Crippen molar-refractivity contribution in [3.63, 3.8) is 0 Å². The minimum Gasteiger partial charge on any atom is -0.356 e. The van der Waals surface area contributed by atoms with E-state index in [1.54, 1.807) is 13.1 Å². The van der Waals surface area contributed by atoms with Crippen molar-refractivity contribution in [3.05, 3.63) is 33.8 Å². The summed E-state index contributed by atoms with van der Waals surface area (Å²) in [5.74, 6) is 0.459. The summed E-state index contributed by atoms with van der Waals surface area (Å²) in [6.45, 7) is 1.55. The number of hydrogen-bond acceptors (Lipinski definition) is 3. The lowest BCUT2D eigenvalue weighted by Gasteiger charge is -2.25. The highest BCUT2D eigenvalue weighted by Gasteiger charge is 2.25. The van der Waals surface area contributed by atoms with Crippen molar-refractivity contribution in [2.45, 2.75) is 32.1 Å². The number of aliphatic imine (C=N–C) groups is 1. The predicted octanol–water partition coefficient (Wildman–Crippen LogP) is 2.63. The first-order chi connectivity index (χ1) is 12.5. The molecule has 1 saturated heterocycles. The number of nitrogens with zero attached hydrogens (tertiary/aromatic N) is 2. The number of amides is 2. The van der Waals surface area contributed by atoms with Gasteiger partial charge in [-0.1, -0.05) is 29.3 Å². The van der Waals surface area contributed by atoms with Crippen LogP contribution < -0.4 is 10.6 Å². The molecule has 0 radical (unpaired) electrons. The quantitative estimate of drug-likeness (QED) is 0.320. The maximum atomic E-state index is 11.8. The van der Waals surface area contributed by atoms with Crippen LogP contribution in [0.4, 0.5) is 0 Å². The van der Waals surface area contributed by atoms with Crippen LogP contribution in [0.2, 0.25) is 10.0 Å². The van der Waals surface area contributed by atoms with Crippen LogP contribution in [0, 0.1) is 0 Å². The number of nitrogens with one attached hydrogen (secondary N) is 2. The van der Waals surface area contributed by atoms with Crippen LogP contribution in [0.25, 0.3) is 0 Å². The van der Waals surface area contributed by atoms with Crippen molar-refractivity contribution >= 4 is 41.0 Å². The summed E-state index contributed by atoms with van der Waals surface area (Å²) < 4.78 is 0. The van der Waals surface area contributed by atoms with Gasteiger partial charge in [0.1, 0.15) is 0 Å². The van der Waals surface area contributed by atoms with Crippen LogP contribution in [0.1, 0.15) is 31.2 Å². The Labute approximate surface area is 163 Å². The van der Waals surface area contributed by atoms with Gasteiger partial charge < -0.3 is 10.6 Å². The highest BCUT2D eigenvalue weighted by molar-refractivity contribution is 6.35. The second kappa shape index (κ2) is 10.4. The number of carbonyl (C=O) groups excluding carboxylic acids is 2. The van der Waals surface area contributed by atoms with Crippen LogP contribution in [0.15, 0.2) is 23.2 Å². The minimum absolute atomic E-state index is 0.0918. The Hall–Kier alpha value is -1.79. The number of imide groups is 1. The number of halogens is 2.